The van der Waals surface area contributed by atoms with E-state index >= 15 is 0 Å². The first kappa shape index (κ1) is 18.0. The molecule has 5 nitrogen and oxygen atoms in total. The molecule has 1 aliphatic rings. The molecule has 3 rings (SSSR count). The van der Waals surface area contributed by atoms with Gasteiger partial charge in [0, 0.05) is 24.4 Å². The molecule has 0 bridgehead atoms. The Bertz CT molecular complexity index is 774. The summed E-state index contributed by atoms with van der Waals surface area (Å²) in [6.45, 7) is 5.11. The van der Waals surface area contributed by atoms with Crippen molar-refractivity contribution in [3.63, 3.8) is 0 Å². The summed E-state index contributed by atoms with van der Waals surface area (Å²) in [5, 5.41) is 3.15. The van der Waals surface area contributed by atoms with Crippen LogP contribution in [0.15, 0.2) is 24.4 Å². The first-order valence-electron chi connectivity index (χ1n) is 7.81. The smallest absolute Gasteiger partial charge is 0.213 e. The second-order valence-corrected chi connectivity index (χ2v) is 6.82. The molecular formula is C17H18ClF2N3O2. The maximum Gasteiger partial charge on any atom is 0.213 e. The third-order valence-electron chi connectivity index (χ3n) is 3.68. The van der Waals surface area contributed by atoms with Gasteiger partial charge >= 0.3 is 0 Å². The number of aromatic nitrogens is 2. The van der Waals surface area contributed by atoms with E-state index in [0.29, 0.717) is 31.0 Å². The van der Waals surface area contributed by atoms with Crippen molar-refractivity contribution in [2.24, 2.45) is 0 Å². The Labute approximate surface area is 149 Å². The fraction of sp³-hybridized carbons (Fsp3) is 0.412. The van der Waals surface area contributed by atoms with Crippen LogP contribution < -0.4 is 5.32 Å². The Balaban J connectivity index is 1.77. The fourth-order valence-electron chi connectivity index (χ4n) is 2.59. The van der Waals surface area contributed by atoms with Crippen LogP contribution in [0.25, 0.3) is 11.3 Å². The van der Waals surface area contributed by atoms with Gasteiger partial charge in [0.15, 0.2) is 11.6 Å². The maximum absolute atomic E-state index is 14.1. The molecule has 134 valence electrons. The zero-order valence-corrected chi connectivity index (χ0v) is 14.6. The van der Waals surface area contributed by atoms with Crippen LogP contribution in [0.2, 0.25) is 5.02 Å². The molecule has 2 aromatic heterocycles. The summed E-state index contributed by atoms with van der Waals surface area (Å²) < 4.78 is 38.8. The molecule has 8 heteroatoms. The first-order valence-corrected chi connectivity index (χ1v) is 8.19. The van der Waals surface area contributed by atoms with E-state index in [1.165, 1.54) is 18.3 Å². The van der Waals surface area contributed by atoms with E-state index in [-0.39, 0.29) is 22.5 Å². The zero-order chi connectivity index (χ0) is 18.0. The highest BCUT2D eigenvalue weighted by Crippen LogP contribution is 2.28. The lowest BCUT2D eigenvalue weighted by molar-refractivity contribution is -0.177. The summed E-state index contributed by atoms with van der Waals surface area (Å²) in [5.74, 6) is -1.17. The number of hydrogen-bond donors (Lipinski definition) is 1. The standard InChI is InChI=1S/C17H18ClF2N3O2/c1-17(2)9-24-8-10(25-17)6-22-16-13(19)3-4-14(23-16)11-5-15(20)21-7-12(11)18/h3-5,7,10H,6,8-9H2,1-2H3,(H,22,23). The largest absolute Gasteiger partial charge is 0.376 e. The number of halogens is 3. The van der Waals surface area contributed by atoms with E-state index in [4.69, 9.17) is 21.1 Å². The van der Waals surface area contributed by atoms with Crippen LogP contribution in [0, 0.1) is 11.8 Å². The maximum atomic E-state index is 14.1. The molecule has 0 spiro atoms. The van der Waals surface area contributed by atoms with Crippen LogP contribution in [0.5, 0.6) is 0 Å². The fourth-order valence-corrected chi connectivity index (χ4v) is 2.79. The van der Waals surface area contributed by atoms with E-state index < -0.39 is 11.8 Å². The van der Waals surface area contributed by atoms with Crippen molar-refractivity contribution < 1.29 is 18.3 Å². The number of rotatable bonds is 4. The van der Waals surface area contributed by atoms with Gasteiger partial charge in [-0.2, -0.15) is 4.39 Å². The van der Waals surface area contributed by atoms with Gasteiger partial charge in [-0.25, -0.2) is 14.4 Å². The number of pyridine rings is 2. The third-order valence-corrected chi connectivity index (χ3v) is 3.98. The van der Waals surface area contributed by atoms with E-state index in [9.17, 15) is 8.78 Å². The average molecular weight is 370 g/mol. The summed E-state index contributed by atoms with van der Waals surface area (Å²) in [6, 6.07) is 3.85. The molecule has 0 saturated carbocycles. The van der Waals surface area contributed by atoms with Gasteiger partial charge < -0.3 is 14.8 Å². The SMILES string of the molecule is CC1(C)COCC(CNc2nc(-c3cc(F)ncc3Cl)ccc2F)O1. The zero-order valence-electron chi connectivity index (χ0n) is 13.9. The second-order valence-electron chi connectivity index (χ2n) is 6.41. The van der Waals surface area contributed by atoms with Gasteiger partial charge in [0.25, 0.3) is 0 Å². The molecule has 25 heavy (non-hydrogen) atoms. The van der Waals surface area contributed by atoms with Crippen LogP contribution in [0.3, 0.4) is 0 Å². The molecule has 1 atom stereocenters. The van der Waals surface area contributed by atoms with Crippen LogP contribution in [-0.2, 0) is 9.47 Å². The topological polar surface area (TPSA) is 56.3 Å². The minimum Gasteiger partial charge on any atom is -0.376 e. The number of nitrogens with zero attached hydrogens (tertiary/aromatic N) is 2. The van der Waals surface area contributed by atoms with Crippen LogP contribution in [0.1, 0.15) is 13.8 Å². The molecule has 1 fully saturated rings. The number of anilines is 1. The Morgan fingerprint density at radius 3 is 2.92 bits per heavy atom. The lowest BCUT2D eigenvalue weighted by Gasteiger charge is -2.36. The first-order chi connectivity index (χ1) is 11.8. The van der Waals surface area contributed by atoms with E-state index in [1.807, 2.05) is 13.8 Å². The Hall–Kier alpha value is -1.83. The Morgan fingerprint density at radius 2 is 2.16 bits per heavy atom. The second kappa shape index (κ2) is 7.19. The van der Waals surface area contributed by atoms with E-state index in [1.54, 1.807) is 0 Å². The lowest BCUT2D eigenvalue weighted by Crippen LogP contribution is -2.45. The van der Waals surface area contributed by atoms with Crippen molar-refractivity contribution in [2.75, 3.05) is 25.1 Å². The highest BCUT2D eigenvalue weighted by Gasteiger charge is 2.29. The van der Waals surface area contributed by atoms with Gasteiger partial charge in [0.05, 0.1) is 35.6 Å². The summed E-state index contributed by atoms with van der Waals surface area (Å²) in [5.41, 5.74) is 0.299. The van der Waals surface area contributed by atoms with Crippen molar-refractivity contribution in [3.8, 4) is 11.3 Å². The third kappa shape index (κ3) is 4.42. The number of ether oxygens (including phenoxy) is 2. The van der Waals surface area contributed by atoms with Gasteiger partial charge in [-0.3, -0.25) is 0 Å². The minimum atomic E-state index is -0.685. The van der Waals surface area contributed by atoms with E-state index in [2.05, 4.69) is 15.3 Å². The number of hydrogen-bond acceptors (Lipinski definition) is 5. The normalized spacial score (nSPS) is 19.6. The van der Waals surface area contributed by atoms with Gasteiger partial charge in [-0.05, 0) is 26.0 Å². The van der Waals surface area contributed by atoms with E-state index in [0.717, 1.165) is 6.07 Å². The molecule has 2 aromatic rings. The highest BCUT2D eigenvalue weighted by molar-refractivity contribution is 6.33. The molecule has 0 aliphatic carbocycles. The predicted octanol–water partition coefficient (Wildman–Crippen LogP) is 3.68. The molecule has 0 aromatic carbocycles. The van der Waals surface area contributed by atoms with Gasteiger partial charge in [0.1, 0.15) is 0 Å². The Morgan fingerprint density at radius 1 is 1.36 bits per heavy atom. The molecule has 1 N–H and O–H groups in total. The Kier molecular flexibility index (Phi) is 5.17. The quantitative estimate of drug-likeness (QED) is 0.833. The van der Waals surface area contributed by atoms with Crippen molar-refractivity contribution in [2.45, 2.75) is 25.6 Å². The summed E-state index contributed by atoms with van der Waals surface area (Å²) in [4.78, 5) is 7.67. The van der Waals surface area contributed by atoms with Gasteiger partial charge in [-0.1, -0.05) is 11.6 Å². The molecule has 3 heterocycles. The van der Waals surface area contributed by atoms with Gasteiger partial charge in [-0.15, -0.1) is 0 Å². The van der Waals surface area contributed by atoms with Crippen molar-refractivity contribution >= 4 is 17.4 Å². The van der Waals surface area contributed by atoms with Crippen LogP contribution in [-0.4, -0.2) is 41.4 Å². The minimum absolute atomic E-state index is 0.0396. The lowest BCUT2D eigenvalue weighted by atomic mass is 10.1. The molecule has 0 amide bonds. The van der Waals surface area contributed by atoms with Gasteiger partial charge in [0.2, 0.25) is 5.95 Å². The summed E-state index contributed by atoms with van der Waals surface area (Å²) in [7, 11) is 0. The predicted molar refractivity (Wildman–Crippen MR) is 90.7 cm³/mol. The van der Waals surface area contributed by atoms with Crippen LogP contribution >= 0.6 is 11.6 Å². The molecule has 1 unspecified atom stereocenters. The highest BCUT2D eigenvalue weighted by atomic mass is 35.5. The number of nitrogens with one attached hydrogen (secondary N) is 1. The summed E-state index contributed by atoms with van der Waals surface area (Å²) >= 11 is 6.03. The molecule has 1 aliphatic heterocycles. The van der Waals surface area contributed by atoms with Crippen molar-refractivity contribution in [1.29, 1.82) is 0 Å². The molecular weight excluding hydrogens is 352 g/mol. The van der Waals surface area contributed by atoms with Crippen molar-refractivity contribution in [3.05, 3.63) is 41.2 Å². The molecule has 0 radical (unpaired) electrons. The summed E-state index contributed by atoms with van der Waals surface area (Å²) in [6.07, 6.45) is 0.968. The van der Waals surface area contributed by atoms with Crippen LogP contribution in [0.4, 0.5) is 14.6 Å². The monoisotopic (exact) mass is 369 g/mol. The average Bonchev–Trinajstić information content (AvgIpc) is 2.55. The van der Waals surface area contributed by atoms with Crippen molar-refractivity contribution in [1.82, 2.24) is 9.97 Å². The molecule has 1 saturated heterocycles.